The van der Waals surface area contributed by atoms with Crippen LogP contribution in [0.3, 0.4) is 0 Å². The highest BCUT2D eigenvalue weighted by Gasteiger charge is 2.26. The smallest absolute Gasteiger partial charge is 0.133 e. The number of methoxy groups -OCH3 is 2. The molecular weight excluding hydrogens is 290 g/mol. The molecule has 0 saturated heterocycles. The third-order valence-electron chi connectivity index (χ3n) is 3.72. The molecule has 0 N–H and O–H groups in total. The van der Waals surface area contributed by atoms with E-state index in [9.17, 15) is 5.26 Å². The second-order valence-corrected chi connectivity index (χ2v) is 4.99. The summed E-state index contributed by atoms with van der Waals surface area (Å²) in [5.74, 6) is 1.52. The number of benzene rings is 2. The van der Waals surface area contributed by atoms with Crippen LogP contribution in [-0.4, -0.2) is 14.2 Å². The minimum atomic E-state index is -0.372. The van der Waals surface area contributed by atoms with Gasteiger partial charge in [-0.15, -0.1) is 0 Å². The summed E-state index contributed by atoms with van der Waals surface area (Å²) < 4.78 is 10.3. The molecule has 5 nitrogen and oxygen atoms in total. The molecule has 23 heavy (non-hydrogen) atoms. The SMILES string of the molecule is COc1ccc(C2=C(C#N)C(c3ccc(OC)cc3)N=N2)cc1. The molecule has 1 heterocycles. The second kappa shape index (κ2) is 6.32. The van der Waals surface area contributed by atoms with Crippen LogP contribution >= 0.6 is 0 Å². The minimum absolute atomic E-state index is 0.372. The van der Waals surface area contributed by atoms with E-state index in [0.717, 1.165) is 22.6 Å². The first-order chi connectivity index (χ1) is 11.3. The fourth-order valence-electron chi connectivity index (χ4n) is 2.45. The Balaban J connectivity index is 1.96. The molecule has 1 aliphatic heterocycles. The first kappa shape index (κ1) is 14.8. The molecule has 0 radical (unpaired) electrons. The van der Waals surface area contributed by atoms with E-state index in [1.54, 1.807) is 14.2 Å². The Hall–Kier alpha value is -3.13. The summed E-state index contributed by atoms with van der Waals surface area (Å²) in [6.07, 6.45) is 0. The molecule has 2 aromatic carbocycles. The van der Waals surface area contributed by atoms with Gasteiger partial charge in [0, 0.05) is 5.56 Å². The van der Waals surface area contributed by atoms with Gasteiger partial charge in [-0.1, -0.05) is 12.1 Å². The Kier molecular flexibility index (Phi) is 4.07. The molecule has 1 aliphatic rings. The zero-order valence-electron chi connectivity index (χ0n) is 12.9. The van der Waals surface area contributed by atoms with E-state index in [-0.39, 0.29) is 6.04 Å². The average Bonchev–Trinajstić information content (AvgIpc) is 3.05. The predicted octanol–water partition coefficient (Wildman–Crippen LogP) is 4.15. The van der Waals surface area contributed by atoms with Gasteiger partial charge < -0.3 is 9.47 Å². The molecule has 5 heteroatoms. The van der Waals surface area contributed by atoms with Crippen LogP contribution < -0.4 is 9.47 Å². The van der Waals surface area contributed by atoms with Crippen molar-refractivity contribution in [3.63, 3.8) is 0 Å². The van der Waals surface area contributed by atoms with E-state index in [1.165, 1.54) is 0 Å². The predicted molar refractivity (Wildman–Crippen MR) is 86.1 cm³/mol. The molecule has 0 spiro atoms. The lowest BCUT2D eigenvalue weighted by atomic mass is 9.97. The van der Waals surface area contributed by atoms with Crippen molar-refractivity contribution in [1.82, 2.24) is 0 Å². The van der Waals surface area contributed by atoms with Crippen LogP contribution in [0, 0.1) is 11.3 Å². The average molecular weight is 305 g/mol. The summed E-state index contributed by atoms with van der Waals surface area (Å²) in [4.78, 5) is 0. The normalized spacial score (nSPS) is 16.3. The van der Waals surface area contributed by atoms with Crippen LogP contribution in [0.2, 0.25) is 0 Å². The number of nitriles is 1. The molecule has 0 fully saturated rings. The van der Waals surface area contributed by atoms with Gasteiger partial charge in [-0.2, -0.15) is 15.5 Å². The number of azo groups is 1. The molecule has 114 valence electrons. The van der Waals surface area contributed by atoms with Gasteiger partial charge in [0.1, 0.15) is 23.2 Å². The van der Waals surface area contributed by atoms with Gasteiger partial charge in [0.25, 0.3) is 0 Å². The maximum absolute atomic E-state index is 9.55. The maximum Gasteiger partial charge on any atom is 0.133 e. The maximum atomic E-state index is 9.55. The van der Waals surface area contributed by atoms with Crippen molar-refractivity contribution >= 4 is 5.70 Å². The zero-order chi connectivity index (χ0) is 16.2. The topological polar surface area (TPSA) is 67.0 Å². The molecule has 0 bridgehead atoms. The molecule has 1 atom stereocenters. The van der Waals surface area contributed by atoms with Crippen molar-refractivity contribution in [1.29, 1.82) is 5.26 Å². The Morgan fingerprint density at radius 2 is 1.48 bits per heavy atom. The molecule has 2 aromatic rings. The zero-order valence-corrected chi connectivity index (χ0v) is 12.9. The summed E-state index contributed by atoms with van der Waals surface area (Å²) in [6, 6.07) is 16.8. The van der Waals surface area contributed by atoms with E-state index < -0.39 is 0 Å². The van der Waals surface area contributed by atoms with Crippen LogP contribution in [0.15, 0.2) is 64.3 Å². The standard InChI is InChI=1S/C18H15N3O2/c1-22-14-7-3-12(4-8-14)17-16(11-19)18(21-20-17)13-5-9-15(23-2)10-6-13/h3-10,17H,1-2H3. The van der Waals surface area contributed by atoms with E-state index in [4.69, 9.17) is 9.47 Å². The lowest BCUT2D eigenvalue weighted by Gasteiger charge is -2.08. The highest BCUT2D eigenvalue weighted by Crippen LogP contribution is 2.39. The number of hydrogen-bond acceptors (Lipinski definition) is 5. The minimum Gasteiger partial charge on any atom is -0.497 e. The molecular formula is C18H15N3O2. The van der Waals surface area contributed by atoms with Crippen LogP contribution in [0.4, 0.5) is 0 Å². The van der Waals surface area contributed by atoms with Gasteiger partial charge in [-0.05, 0) is 42.0 Å². The number of hydrogen-bond donors (Lipinski definition) is 0. The Bertz CT molecular complexity index is 800. The Labute approximate surface area is 134 Å². The Morgan fingerprint density at radius 1 is 0.913 bits per heavy atom. The molecule has 0 aromatic heterocycles. The lowest BCUT2D eigenvalue weighted by molar-refractivity contribution is 0.414. The van der Waals surface area contributed by atoms with Crippen LogP contribution in [0.5, 0.6) is 11.5 Å². The van der Waals surface area contributed by atoms with E-state index in [2.05, 4.69) is 16.3 Å². The van der Waals surface area contributed by atoms with Crippen LogP contribution in [-0.2, 0) is 0 Å². The van der Waals surface area contributed by atoms with Gasteiger partial charge in [0.15, 0.2) is 0 Å². The summed E-state index contributed by atoms with van der Waals surface area (Å²) in [6.45, 7) is 0. The Morgan fingerprint density at radius 3 is 2.00 bits per heavy atom. The van der Waals surface area contributed by atoms with Crippen molar-refractivity contribution in [3.8, 4) is 17.6 Å². The van der Waals surface area contributed by atoms with Gasteiger partial charge in [0.2, 0.25) is 0 Å². The monoisotopic (exact) mass is 305 g/mol. The third-order valence-corrected chi connectivity index (χ3v) is 3.72. The lowest BCUT2D eigenvalue weighted by Crippen LogP contribution is -1.97. The fraction of sp³-hybridized carbons (Fsp3) is 0.167. The van der Waals surface area contributed by atoms with Crippen LogP contribution in [0.1, 0.15) is 17.2 Å². The molecule has 0 amide bonds. The van der Waals surface area contributed by atoms with Gasteiger partial charge in [-0.25, -0.2) is 0 Å². The van der Waals surface area contributed by atoms with Crippen molar-refractivity contribution in [3.05, 3.63) is 65.2 Å². The molecule has 1 unspecified atom stereocenters. The van der Waals surface area contributed by atoms with Crippen molar-refractivity contribution in [2.24, 2.45) is 10.2 Å². The number of ether oxygens (including phenoxy) is 2. The van der Waals surface area contributed by atoms with Crippen molar-refractivity contribution in [2.75, 3.05) is 14.2 Å². The molecule has 0 saturated carbocycles. The van der Waals surface area contributed by atoms with E-state index >= 15 is 0 Å². The van der Waals surface area contributed by atoms with E-state index in [1.807, 2.05) is 48.5 Å². The third kappa shape index (κ3) is 2.79. The molecule has 0 aliphatic carbocycles. The van der Waals surface area contributed by atoms with Crippen LogP contribution in [0.25, 0.3) is 5.70 Å². The van der Waals surface area contributed by atoms with Crippen molar-refractivity contribution < 1.29 is 9.47 Å². The quantitative estimate of drug-likeness (QED) is 0.852. The highest BCUT2D eigenvalue weighted by atomic mass is 16.5. The van der Waals surface area contributed by atoms with Crippen molar-refractivity contribution in [2.45, 2.75) is 6.04 Å². The van der Waals surface area contributed by atoms with E-state index in [0.29, 0.717) is 11.3 Å². The first-order valence-corrected chi connectivity index (χ1v) is 7.10. The number of rotatable bonds is 4. The van der Waals surface area contributed by atoms with Gasteiger partial charge >= 0.3 is 0 Å². The summed E-state index contributed by atoms with van der Waals surface area (Å²) >= 11 is 0. The molecule has 3 rings (SSSR count). The largest absolute Gasteiger partial charge is 0.497 e. The number of nitrogens with zero attached hydrogens (tertiary/aromatic N) is 3. The first-order valence-electron chi connectivity index (χ1n) is 7.10. The summed E-state index contributed by atoms with van der Waals surface area (Å²) in [7, 11) is 3.23. The van der Waals surface area contributed by atoms with Gasteiger partial charge in [-0.3, -0.25) is 0 Å². The summed E-state index contributed by atoms with van der Waals surface area (Å²) in [5.41, 5.74) is 2.91. The highest BCUT2D eigenvalue weighted by molar-refractivity contribution is 5.74. The second-order valence-electron chi connectivity index (χ2n) is 4.99. The van der Waals surface area contributed by atoms with Gasteiger partial charge in [0.05, 0.1) is 25.9 Å². The summed E-state index contributed by atoms with van der Waals surface area (Å²) in [5, 5.41) is 18.0. The fourth-order valence-corrected chi connectivity index (χ4v) is 2.45.